The van der Waals surface area contributed by atoms with Crippen LogP contribution in [0.5, 0.6) is 0 Å². The van der Waals surface area contributed by atoms with E-state index in [1.807, 2.05) is 0 Å². The third-order valence-electron chi connectivity index (χ3n) is 5.26. The van der Waals surface area contributed by atoms with Gasteiger partial charge in [0.05, 0.1) is 17.1 Å². The average molecular weight is 292 g/mol. The van der Waals surface area contributed by atoms with Crippen LogP contribution < -0.4 is 0 Å². The van der Waals surface area contributed by atoms with E-state index in [1.54, 1.807) is 24.0 Å². The number of alkyl halides is 2. The Morgan fingerprint density at radius 2 is 2.05 bits per heavy atom. The van der Waals surface area contributed by atoms with Crippen molar-refractivity contribution in [1.82, 2.24) is 9.78 Å². The summed E-state index contributed by atoms with van der Waals surface area (Å²) in [6, 6.07) is 4.54. The van der Waals surface area contributed by atoms with Crippen molar-refractivity contribution in [3.8, 4) is 0 Å². The van der Waals surface area contributed by atoms with Gasteiger partial charge < -0.3 is 5.11 Å². The van der Waals surface area contributed by atoms with E-state index in [0.717, 1.165) is 5.52 Å². The molecule has 0 amide bonds. The zero-order chi connectivity index (χ0) is 15.0. The van der Waals surface area contributed by atoms with E-state index in [-0.39, 0.29) is 24.8 Å². The van der Waals surface area contributed by atoms with Gasteiger partial charge in [-0.05, 0) is 31.4 Å². The molecule has 0 spiro atoms. The number of carboxylic acids is 1. The van der Waals surface area contributed by atoms with Gasteiger partial charge in [0.25, 0.3) is 5.92 Å². The second-order valence-electron chi connectivity index (χ2n) is 6.51. The number of halogens is 2. The van der Waals surface area contributed by atoms with Crippen molar-refractivity contribution in [2.24, 2.45) is 17.9 Å². The summed E-state index contributed by atoms with van der Waals surface area (Å²) >= 11 is 0. The molecule has 1 aromatic carbocycles. The molecule has 4 nitrogen and oxygen atoms in total. The summed E-state index contributed by atoms with van der Waals surface area (Å²) in [6.07, 6.45) is 1.80. The van der Waals surface area contributed by atoms with Crippen molar-refractivity contribution in [2.45, 2.75) is 25.2 Å². The van der Waals surface area contributed by atoms with E-state index in [1.165, 1.54) is 12.1 Å². The van der Waals surface area contributed by atoms with Gasteiger partial charge >= 0.3 is 5.97 Å². The quantitative estimate of drug-likeness (QED) is 0.946. The summed E-state index contributed by atoms with van der Waals surface area (Å²) in [5.41, 5.74) is -1.29. The van der Waals surface area contributed by atoms with Gasteiger partial charge in [-0.25, -0.2) is 8.78 Å². The lowest BCUT2D eigenvalue weighted by Crippen LogP contribution is -2.70. The van der Waals surface area contributed by atoms with E-state index in [0.29, 0.717) is 5.39 Å². The molecule has 1 aromatic heterocycles. The van der Waals surface area contributed by atoms with Crippen LogP contribution in [0.2, 0.25) is 0 Å². The SMILES string of the molecule is Cn1ncc2cc(C(F)(F)C34CC(C(=O)O)(C3)C4)ccc21. The minimum absolute atomic E-state index is 0.0401. The topological polar surface area (TPSA) is 55.1 Å². The minimum atomic E-state index is -2.99. The summed E-state index contributed by atoms with van der Waals surface area (Å²) in [6.45, 7) is 0. The van der Waals surface area contributed by atoms with Crippen LogP contribution in [0.15, 0.2) is 24.4 Å². The maximum absolute atomic E-state index is 14.8. The van der Waals surface area contributed by atoms with Gasteiger partial charge in [-0.2, -0.15) is 5.10 Å². The average Bonchev–Trinajstić information content (AvgIpc) is 2.66. The largest absolute Gasteiger partial charge is 0.481 e. The first-order valence-electron chi connectivity index (χ1n) is 6.83. The highest BCUT2D eigenvalue weighted by Gasteiger charge is 2.80. The van der Waals surface area contributed by atoms with Crippen molar-refractivity contribution >= 4 is 16.9 Å². The maximum atomic E-state index is 14.8. The highest BCUT2D eigenvalue weighted by molar-refractivity contribution is 5.81. The fraction of sp³-hybridized carbons (Fsp3) is 0.467. The number of fused-ring (bicyclic) bond motifs is 1. The van der Waals surface area contributed by atoms with Crippen LogP contribution in [0.3, 0.4) is 0 Å². The molecule has 0 saturated heterocycles. The molecule has 3 fully saturated rings. The Morgan fingerprint density at radius 1 is 1.38 bits per heavy atom. The molecular weight excluding hydrogens is 278 g/mol. The summed E-state index contributed by atoms with van der Waals surface area (Å²) < 4.78 is 31.2. The number of aryl methyl sites for hydroxylation is 1. The van der Waals surface area contributed by atoms with Gasteiger partial charge in [0.2, 0.25) is 0 Å². The first kappa shape index (κ1) is 12.7. The van der Waals surface area contributed by atoms with E-state index in [9.17, 15) is 13.6 Å². The fourth-order valence-corrected chi connectivity index (χ4v) is 4.01. The van der Waals surface area contributed by atoms with Crippen molar-refractivity contribution < 1.29 is 18.7 Å². The fourth-order valence-electron chi connectivity index (χ4n) is 4.01. The van der Waals surface area contributed by atoms with E-state index in [2.05, 4.69) is 5.10 Å². The van der Waals surface area contributed by atoms with Crippen molar-refractivity contribution in [3.63, 3.8) is 0 Å². The zero-order valence-electron chi connectivity index (χ0n) is 11.4. The molecule has 3 aliphatic rings. The molecular formula is C15H14F2N2O2. The van der Waals surface area contributed by atoms with Gasteiger partial charge in [0.15, 0.2) is 0 Å². The molecule has 3 aliphatic carbocycles. The molecule has 0 atom stereocenters. The molecule has 0 aliphatic heterocycles. The van der Waals surface area contributed by atoms with Crippen molar-refractivity contribution in [3.05, 3.63) is 30.0 Å². The van der Waals surface area contributed by atoms with Crippen LogP contribution in [0.4, 0.5) is 8.78 Å². The van der Waals surface area contributed by atoms with Crippen LogP contribution in [0.1, 0.15) is 24.8 Å². The van der Waals surface area contributed by atoms with Gasteiger partial charge in [0.1, 0.15) is 0 Å². The van der Waals surface area contributed by atoms with E-state index >= 15 is 0 Å². The molecule has 1 N–H and O–H groups in total. The Bertz CT molecular complexity index is 761. The molecule has 5 rings (SSSR count). The third-order valence-corrected chi connectivity index (χ3v) is 5.26. The van der Waals surface area contributed by atoms with Gasteiger partial charge in [-0.15, -0.1) is 0 Å². The predicted octanol–water partition coefficient (Wildman–Crippen LogP) is 2.92. The first-order chi connectivity index (χ1) is 9.80. The van der Waals surface area contributed by atoms with Crippen LogP contribution in [-0.4, -0.2) is 20.9 Å². The number of nitrogens with zero attached hydrogens (tertiary/aromatic N) is 2. The zero-order valence-corrected chi connectivity index (χ0v) is 11.4. The first-order valence-corrected chi connectivity index (χ1v) is 6.83. The molecule has 2 aromatic rings. The lowest BCUT2D eigenvalue weighted by Gasteiger charge is -2.70. The molecule has 0 unspecified atom stereocenters. The highest BCUT2D eigenvalue weighted by atomic mass is 19.3. The Kier molecular flexibility index (Phi) is 2.08. The molecule has 2 bridgehead atoms. The van der Waals surface area contributed by atoms with Crippen molar-refractivity contribution in [1.29, 1.82) is 0 Å². The van der Waals surface area contributed by atoms with Gasteiger partial charge in [-0.1, -0.05) is 6.07 Å². The normalized spacial score (nSPS) is 30.8. The molecule has 3 saturated carbocycles. The summed E-state index contributed by atoms with van der Waals surface area (Å²) in [5.74, 6) is -3.93. The Labute approximate surface area is 119 Å². The number of carbonyl (C=O) groups is 1. The molecule has 0 radical (unpaired) electrons. The standard InChI is InChI=1S/C15H14F2N2O2/c1-19-11-3-2-10(4-9(11)5-18-19)15(16,17)14-6-13(7-14,8-14)12(20)21/h2-5H,6-8H2,1H3,(H,20,21). The Morgan fingerprint density at radius 3 is 2.67 bits per heavy atom. The second kappa shape index (κ2) is 3.43. The Hall–Kier alpha value is -1.98. The van der Waals surface area contributed by atoms with Gasteiger partial charge in [-0.3, -0.25) is 9.48 Å². The highest BCUT2D eigenvalue weighted by Crippen LogP contribution is 2.80. The maximum Gasteiger partial charge on any atom is 0.309 e. The molecule has 6 heteroatoms. The number of hydrogen-bond donors (Lipinski definition) is 1. The second-order valence-corrected chi connectivity index (χ2v) is 6.51. The van der Waals surface area contributed by atoms with Crippen LogP contribution in [-0.2, 0) is 17.8 Å². The minimum Gasteiger partial charge on any atom is -0.481 e. The van der Waals surface area contributed by atoms with Crippen LogP contribution in [0.25, 0.3) is 10.9 Å². The lowest BCUT2D eigenvalue weighted by atomic mass is 9.33. The monoisotopic (exact) mass is 292 g/mol. The smallest absolute Gasteiger partial charge is 0.309 e. The number of benzene rings is 1. The number of carboxylic acid groups (broad SMARTS) is 1. The van der Waals surface area contributed by atoms with Crippen LogP contribution >= 0.6 is 0 Å². The lowest BCUT2D eigenvalue weighted by molar-refractivity contribution is -0.314. The number of aromatic nitrogens is 2. The third kappa shape index (κ3) is 1.33. The van der Waals surface area contributed by atoms with Crippen molar-refractivity contribution in [2.75, 3.05) is 0 Å². The summed E-state index contributed by atoms with van der Waals surface area (Å²) in [7, 11) is 1.76. The number of rotatable bonds is 3. The summed E-state index contributed by atoms with van der Waals surface area (Å²) in [4.78, 5) is 11.1. The Balaban J connectivity index is 1.70. The van der Waals surface area contributed by atoms with E-state index in [4.69, 9.17) is 5.11 Å². The summed E-state index contributed by atoms with van der Waals surface area (Å²) in [5, 5.41) is 13.8. The number of aliphatic carboxylic acids is 1. The molecule has 21 heavy (non-hydrogen) atoms. The van der Waals surface area contributed by atoms with E-state index < -0.39 is 22.7 Å². The molecule has 1 heterocycles. The number of hydrogen-bond acceptors (Lipinski definition) is 2. The molecule has 110 valence electrons. The van der Waals surface area contributed by atoms with Gasteiger partial charge in [0, 0.05) is 23.4 Å². The van der Waals surface area contributed by atoms with Crippen LogP contribution in [0, 0.1) is 10.8 Å². The predicted molar refractivity (Wildman–Crippen MR) is 71.0 cm³/mol.